The lowest BCUT2D eigenvalue weighted by atomic mass is 10.1. The second-order valence-corrected chi connectivity index (χ2v) is 6.34. The summed E-state index contributed by atoms with van der Waals surface area (Å²) in [7, 11) is 0. The third-order valence-electron chi connectivity index (χ3n) is 3.88. The lowest BCUT2D eigenvalue weighted by molar-refractivity contribution is 0.479. The molecule has 0 fully saturated rings. The van der Waals surface area contributed by atoms with Gasteiger partial charge in [0.2, 0.25) is 0 Å². The fraction of sp³-hybridized carbons (Fsp3) is 0.250. The fourth-order valence-corrected chi connectivity index (χ4v) is 4.01. The van der Waals surface area contributed by atoms with Crippen molar-refractivity contribution in [2.75, 3.05) is 5.75 Å². The van der Waals surface area contributed by atoms with Gasteiger partial charge in [0.1, 0.15) is 0 Å². The van der Waals surface area contributed by atoms with Gasteiger partial charge < -0.3 is 0 Å². The molecule has 2 aromatic heterocycles. The van der Waals surface area contributed by atoms with Gasteiger partial charge in [0.15, 0.2) is 11.5 Å². The quantitative estimate of drug-likeness (QED) is 0.806. The van der Waals surface area contributed by atoms with Crippen LogP contribution in [0.25, 0.3) is 5.65 Å². The maximum absolute atomic E-state index is 4.34. The molecule has 1 aliphatic heterocycles. The Hall–Kier alpha value is -1.85. The molecule has 2 unspecified atom stereocenters. The molecule has 3 aromatic rings. The van der Waals surface area contributed by atoms with Crippen LogP contribution in [0.4, 0.5) is 0 Å². The van der Waals surface area contributed by atoms with Crippen molar-refractivity contribution in [3.05, 3.63) is 60.0 Å². The van der Waals surface area contributed by atoms with E-state index in [9.17, 15) is 0 Å². The van der Waals surface area contributed by atoms with Crippen LogP contribution in [0.3, 0.4) is 0 Å². The molecule has 5 heteroatoms. The van der Waals surface area contributed by atoms with Gasteiger partial charge in [0.05, 0.1) is 6.04 Å². The summed E-state index contributed by atoms with van der Waals surface area (Å²) in [5.74, 6) is 2.03. The van der Waals surface area contributed by atoms with E-state index >= 15 is 0 Å². The first-order valence-corrected chi connectivity index (χ1v) is 8.09. The number of hydrogen-bond acceptors (Lipinski definition) is 4. The number of thioether (sulfide) groups is 1. The number of rotatable bonds is 3. The molecule has 106 valence electrons. The van der Waals surface area contributed by atoms with E-state index in [4.69, 9.17) is 0 Å². The summed E-state index contributed by atoms with van der Waals surface area (Å²) in [6, 6.07) is 15.1. The smallest absolute Gasteiger partial charge is 0.160 e. The number of nitrogens with one attached hydrogen (secondary N) is 1. The van der Waals surface area contributed by atoms with Crippen LogP contribution in [0.1, 0.15) is 30.4 Å². The van der Waals surface area contributed by atoms with Crippen LogP contribution in [0.5, 0.6) is 0 Å². The molecule has 0 spiro atoms. The predicted octanol–water partition coefficient (Wildman–Crippen LogP) is 3.23. The Morgan fingerprint density at radius 3 is 3.00 bits per heavy atom. The Morgan fingerprint density at radius 1 is 1.19 bits per heavy atom. The van der Waals surface area contributed by atoms with Gasteiger partial charge in [0.25, 0.3) is 0 Å². The van der Waals surface area contributed by atoms with Gasteiger partial charge in [-0.1, -0.05) is 24.3 Å². The zero-order valence-corrected chi connectivity index (χ0v) is 12.5. The van der Waals surface area contributed by atoms with Gasteiger partial charge in [-0.05, 0) is 30.7 Å². The van der Waals surface area contributed by atoms with Gasteiger partial charge >= 0.3 is 0 Å². The molecule has 0 bridgehead atoms. The number of hydrogen-bond donors (Lipinski definition) is 1. The Bertz CT molecular complexity index is 783. The Labute approximate surface area is 127 Å². The molecule has 21 heavy (non-hydrogen) atoms. The third kappa shape index (κ3) is 2.22. The predicted molar refractivity (Wildman–Crippen MR) is 84.4 cm³/mol. The molecule has 2 atom stereocenters. The highest BCUT2D eigenvalue weighted by atomic mass is 32.2. The highest BCUT2D eigenvalue weighted by molar-refractivity contribution is 7.99. The minimum atomic E-state index is 0.152. The van der Waals surface area contributed by atoms with Crippen molar-refractivity contribution >= 4 is 17.4 Å². The van der Waals surface area contributed by atoms with Crippen LogP contribution in [0.2, 0.25) is 0 Å². The van der Waals surface area contributed by atoms with Gasteiger partial charge in [0, 0.05) is 22.9 Å². The van der Waals surface area contributed by atoms with Crippen molar-refractivity contribution in [2.24, 2.45) is 0 Å². The fourth-order valence-electron chi connectivity index (χ4n) is 2.83. The second kappa shape index (κ2) is 5.16. The molecule has 4 nitrogen and oxygen atoms in total. The van der Waals surface area contributed by atoms with Crippen LogP contribution in [0.15, 0.2) is 53.6 Å². The number of pyridine rings is 1. The van der Waals surface area contributed by atoms with Crippen molar-refractivity contribution in [1.82, 2.24) is 19.9 Å². The molecule has 3 heterocycles. The number of aromatic nitrogens is 3. The zero-order chi connectivity index (χ0) is 14.2. The molecule has 0 saturated carbocycles. The molecule has 1 aromatic carbocycles. The van der Waals surface area contributed by atoms with Crippen LogP contribution >= 0.6 is 11.8 Å². The normalized spacial score (nSPS) is 18.8. The van der Waals surface area contributed by atoms with E-state index < -0.39 is 0 Å². The number of benzene rings is 1. The van der Waals surface area contributed by atoms with E-state index in [1.165, 1.54) is 10.5 Å². The summed E-state index contributed by atoms with van der Waals surface area (Å²) in [5.41, 5.74) is 2.28. The van der Waals surface area contributed by atoms with Crippen molar-refractivity contribution in [3.8, 4) is 0 Å². The minimum Gasteiger partial charge on any atom is -0.300 e. The van der Waals surface area contributed by atoms with E-state index in [-0.39, 0.29) is 6.04 Å². The maximum Gasteiger partial charge on any atom is 0.160 e. The number of nitrogens with zero attached hydrogens (tertiary/aromatic N) is 3. The SMILES string of the molecule is CC(NC1CSc2ccccc21)c1nnc2ccccn12. The van der Waals surface area contributed by atoms with E-state index in [2.05, 4.69) is 46.7 Å². The third-order valence-corrected chi connectivity index (χ3v) is 5.06. The summed E-state index contributed by atoms with van der Waals surface area (Å²) in [5, 5.41) is 12.2. The van der Waals surface area contributed by atoms with E-state index in [1.54, 1.807) is 0 Å². The molecule has 0 saturated heterocycles. The summed E-state index contributed by atoms with van der Waals surface area (Å²) in [6.45, 7) is 2.15. The molecular weight excluding hydrogens is 280 g/mol. The lowest BCUT2D eigenvalue weighted by Gasteiger charge is -2.18. The largest absolute Gasteiger partial charge is 0.300 e. The molecule has 0 radical (unpaired) electrons. The first-order chi connectivity index (χ1) is 10.3. The topological polar surface area (TPSA) is 42.2 Å². The monoisotopic (exact) mass is 296 g/mol. The lowest BCUT2D eigenvalue weighted by Crippen LogP contribution is -2.26. The van der Waals surface area contributed by atoms with E-state index in [0.717, 1.165) is 17.2 Å². The summed E-state index contributed by atoms with van der Waals surface area (Å²) in [6.07, 6.45) is 2.01. The summed E-state index contributed by atoms with van der Waals surface area (Å²) < 4.78 is 2.05. The molecular formula is C16H16N4S. The zero-order valence-electron chi connectivity index (χ0n) is 11.7. The van der Waals surface area contributed by atoms with Crippen molar-refractivity contribution in [1.29, 1.82) is 0 Å². The van der Waals surface area contributed by atoms with Crippen molar-refractivity contribution < 1.29 is 0 Å². The average Bonchev–Trinajstić information content (AvgIpc) is 3.12. The molecule has 1 aliphatic rings. The number of fused-ring (bicyclic) bond motifs is 2. The Balaban J connectivity index is 1.61. The van der Waals surface area contributed by atoms with E-state index in [0.29, 0.717) is 6.04 Å². The van der Waals surface area contributed by atoms with Gasteiger partial charge in [-0.2, -0.15) is 0 Å². The summed E-state index contributed by atoms with van der Waals surface area (Å²) >= 11 is 1.91. The molecule has 1 N–H and O–H groups in total. The molecule has 4 rings (SSSR count). The second-order valence-electron chi connectivity index (χ2n) is 5.28. The minimum absolute atomic E-state index is 0.152. The molecule has 0 aliphatic carbocycles. The first-order valence-electron chi connectivity index (χ1n) is 7.10. The maximum atomic E-state index is 4.34. The highest BCUT2D eigenvalue weighted by Crippen LogP contribution is 2.38. The van der Waals surface area contributed by atoms with Crippen LogP contribution < -0.4 is 5.32 Å². The summed E-state index contributed by atoms with van der Waals surface area (Å²) in [4.78, 5) is 1.38. The Kier molecular flexibility index (Phi) is 3.16. The van der Waals surface area contributed by atoms with Crippen molar-refractivity contribution in [2.45, 2.75) is 23.9 Å². The van der Waals surface area contributed by atoms with E-state index in [1.807, 2.05) is 40.6 Å². The van der Waals surface area contributed by atoms with Gasteiger partial charge in [-0.15, -0.1) is 22.0 Å². The van der Waals surface area contributed by atoms with Crippen LogP contribution in [-0.4, -0.2) is 20.4 Å². The van der Waals surface area contributed by atoms with Crippen molar-refractivity contribution in [3.63, 3.8) is 0 Å². The Morgan fingerprint density at radius 2 is 2.05 bits per heavy atom. The average molecular weight is 296 g/mol. The van der Waals surface area contributed by atoms with Crippen LogP contribution in [-0.2, 0) is 0 Å². The van der Waals surface area contributed by atoms with Gasteiger partial charge in [-0.25, -0.2) is 0 Å². The highest BCUT2D eigenvalue weighted by Gasteiger charge is 2.25. The first kappa shape index (κ1) is 12.9. The van der Waals surface area contributed by atoms with Gasteiger partial charge in [-0.3, -0.25) is 9.72 Å². The standard InChI is InChI=1S/C16H16N4S/c1-11(16-19-18-15-8-4-5-9-20(15)16)17-13-10-21-14-7-3-2-6-12(13)14/h2-9,11,13,17H,10H2,1H3. The van der Waals surface area contributed by atoms with Crippen LogP contribution in [0, 0.1) is 0 Å². The molecule has 0 amide bonds.